The lowest BCUT2D eigenvalue weighted by Gasteiger charge is -2.08. The van der Waals surface area contributed by atoms with Crippen LogP contribution in [0.1, 0.15) is 9.67 Å². The lowest BCUT2D eigenvalue weighted by atomic mass is 10.1. The maximum atomic E-state index is 12.8. The maximum absolute atomic E-state index is 12.8. The van der Waals surface area contributed by atoms with E-state index in [2.05, 4.69) is 11.9 Å². The van der Waals surface area contributed by atoms with Crippen LogP contribution in [0.3, 0.4) is 0 Å². The van der Waals surface area contributed by atoms with E-state index in [0.29, 0.717) is 10.7 Å². The number of hydrogen-bond acceptors (Lipinski definition) is 4. The molecule has 28 heavy (non-hydrogen) atoms. The Morgan fingerprint density at radius 1 is 1.04 bits per heavy atom. The second kappa shape index (κ2) is 8.29. The molecule has 6 heteroatoms. The minimum absolute atomic E-state index is 0.155. The Labute approximate surface area is 171 Å². The smallest absolute Gasteiger partial charge is 0.266 e. The van der Waals surface area contributed by atoms with Crippen LogP contribution in [0.4, 0.5) is 5.82 Å². The first kappa shape index (κ1) is 18.3. The molecule has 0 bridgehead atoms. The Morgan fingerprint density at radius 3 is 2.46 bits per heavy atom. The van der Waals surface area contributed by atoms with Crippen molar-refractivity contribution in [1.29, 1.82) is 0 Å². The molecule has 0 saturated heterocycles. The number of benzene rings is 2. The summed E-state index contributed by atoms with van der Waals surface area (Å²) in [5.74, 6) is 0.471. The third-order valence-electron chi connectivity index (χ3n) is 4.03. The highest BCUT2D eigenvalue weighted by atomic mass is 32.2. The fraction of sp³-hybridized carbons (Fsp3) is 0. The number of thiophene rings is 1. The second-order valence-electron chi connectivity index (χ2n) is 5.89. The number of carbonyl (C=O) groups excluding carboxylic acids is 1. The molecule has 0 aliphatic heterocycles. The van der Waals surface area contributed by atoms with E-state index < -0.39 is 0 Å². The van der Waals surface area contributed by atoms with Gasteiger partial charge in [-0.2, -0.15) is 5.10 Å². The quantitative estimate of drug-likeness (QED) is 0.396. The monoisotopic (exact) mass is 403 g/mol. The van der Waals surface area contributed by atoms with Crippen LogP contribution >= 0.6 is 23.1 Å². The van der Waals surface area contributed by atoms with Gasteiger partial charge in [0.1, 0.15) is 5.82 Å². The highest BCUT2D eigenvalue weighted by Gasteiger charge is 2.16. The molecule has 2 aromatic heterocycles. The Morgan fingerprint density at radius 2 is 1.75 bits per heavy atom. The normalized spacial score (nSPS) is 10.6. The number of amides is 1. The molecule has 2 heterocycles. The second-order valence-corrected chi connectivity index (χ2v) is 8.24. The molecule has 4 rings (SSSR count). The van der Waals surface area contributed by atoms with E-state index in [-0.39, 0.29) is 5.91 Å². The first-order valence-corrected chi connectivity index (χ1v) is 10.3. The van der Waals surface area contributed by atoms with Crippen molar-refractivity contribution in [1.82, 2.24) is 9.78 Å². The van der Waals surface area contributed by atoms with Gasteiger partial charge in [0, 0.05) is 11.6 Å². The van der Waals surface area contributed by atoms with Crippen LogP contribution in [0.5, 0.6) is 0 Å². The molecule has 0 saturated carbocycles. The molecule has 1 N–H and O–H groups in total. The standard InChI is InChI=1S/C22H17N3OS2/c1-2-27-21-14-13-19(28-21)22(26)23-20-15-18(16-9-5-3-6-10-16)24-25(20)17-11-7-4-8-12-17/h2-15H,1H2,(H,23,26). The minimum Gasteiger partial charge on any atom is -0.306 e. The predicted molar refractivity (Wildman–Crippen MR) is 117 cm³/mol. The van der Waals surface area contributed by atoms with Gasteiger partial charge in [0.05, 0.1) is 20.5 Å². The zero-order valence-electron chi connectivity index (χ0n) is 14.9. The minimum atomic E-state index is -0.155. The number of carbonyl (C=O) groups is 1. The summed E-state index contributed by atoms with van der Waals surface area (Å²) in [7, 11) is 0. The van der Waals surface area contributed by atoms with Gasteiger partial charge in [-0.15, -0.1) is 11.3 Å². The summed E-state index contributed by atoms with van der Waals surface area (Å²) >= 11 is 2.95. The topological polar surface area (TPSA) is 46.9 Å². The van der Waals surface area contributed by atoms with Crippen LogP contribution in [-0.2, 0) is 0 Å². The van der Waals surface area contributed by atoms with E-state index in [0.717, 1.165) is 21.2 Å². The van der Waals surface area contributed by atoms with Gasteiger partial charge in [-0.1, -0.05) is 66.9 Å². The van der Waals surface area contributed by atoms with Crippen LogP contribution in [0.2, 0.25) is 0 Å². The largest absolute Gasteiger partial charge is 0.306 e. The van der Waals surface area contributed by atoms with Crippen molar-refractivity contribution in [2.45, 2.75) is 4.21 Å². The molecule has 4 nitrogen and oxygen atoms in total. The highest BCUT2D eigenvalue weighted by Crippen LogP contribution is 2.29. The Balaban J connectivity index is 1.69. The zero-order valence-corrected chi connectivity index (χ0v) is 16.5. The van der Waals surface area contributed by atoms with Crippen LogP contribution in [-0.4, -0.2) is 15.7 Å². The molecule has 138 valence electrons. The van der Waals surface area contributed by atoms with Gasteiger partial charge in [0.15, 0.2) is 0 Å². The fourth-order valence-corrected chi connectivity index (χ4v) is 4.36. The van der Waals surface area contributed by atoms with Crippen molar-refractivity contribution in [3.63, 3.8) is 0 Å². The lowest BCUT2D eigenvalue weighted by molar-refractivity contribution is 0.103. The zero-order chi connectivity index (χ0) is 19.3. The number of para-hydroxylation sites is 1. The van der Waals surface area contributed by atoms with E-state index >= 15 is 0 Å². The summed E-state index contributed by atoms with van der Waals surface area (Å²) in [5, 5.41) is 9.48. The third kappa shape index (κ3) is 3.93. The van der Waals surface area contributed by atoms with Crippen LogP contribution in [0, 0.1) is 0 Å². The number of aromatic nitrogens is 2. The molecule has 0 atom stereocenters. The van der Waals surface area contributed by atoms with Gasteiger partial charge >= 0.3 is 0 Å². The predicted octanol–water partition coefficient (Wildman–Crippen LogP) is 6.09. The first-order valence-electron chi connectivity index (χ1n) is 8.64. The molecule has 2 aromatic carbocycles. The average Bonchev–Trinajstić information content (AvgIpc) is 3.37. The molecule has 4 aromatic rings. The van der Waals surface area contributed by atoms with Crippen molar-refractivity contribution in [3.8, 4) is 16.9 Å². The maximum Gasteiger partial charge on any atom is 0.266 e. The lowest BCUT2D eigenvalue weighted by Crippen LogP contribution is -2.13. The molecular formula is C22H17N3OS2. The average molecular weight is 404 g/mol. The van der Waals surface area contributed by atoms with E-state index in [1.807, 2.05) is 78.9 Å². The molecule has 1 amide bonds. The van der Waals surface area contributed by atoms with Gasteiger partial charge in [-0.05, 0) is 29.7 Å². The van der Waals surface area contributed by atoms with E-state index in [9.17, 15) is 4.79 Å². The van der Waals surface area contributed by atoms with Gasteiger partial charge in [0.25, 0.3) is 5.91 Å². The van der Waals surface area contributed by atoms with Gasteiger partial charge in [0.2, 0.25) is 0 Å². The van der Waals surface area contributed by atoms with E-state index in [1.54, 1.807) is 10.1 Å². The SMILES string of the molecule is C=CSc1ccc(C(=O)Nc2cc(-c3ccccc3)nn2-c2ccccc2)s1. The van der Waals surface area contributed by atoms with Crippen LogP contribution in [0.15, 0.2) is 95.1 Å². The third-order valence-corrected chi connectivity index (χ3v) is 5.98. The van der Waals surface area contributed by atoms with E-state index in [4.69, 9.17) is 5.10 Å². The number of anilines is 1. The number of thioether (sulfide) groups is 1. The van der Waals surface area contributed by atoms with Crippen molar-refractivity contribution >= 4 is 34.8 Å². The Bertz CT molecular complexity index is 1100. The molecule has 0 radical (unpaired) electrons. The molecule has 0 aliphatic rings. The van der Waals surface area contributed by atoms with Crippen molar-refractivity contribution < 1.29 is 4.79 Å². The molecule has 0 unspecified atom stereocenters. The van der Waals surface area contributed by atoms with Crippen molar-refractivity contribution in [3.05, 3.63) is 95.7 Å². The molecule has 0 fully saturated rings. The number of nitrogens with one attached hydrogen (secondary N) is 1. The van der Waals surface area contributed by atoms with Crippen molar-refractivity contribution in [2.24, 2.45) is 0 Å². The van der Waals surface area contributed by atoms with Crippen LogP contribution < -0.4 is 5.32 Å². The fourth-order valence-electron chi connectivity index (χ4n) is 2.75. The Kier molecular flexibility index (Phi) is 5.41. The Hall–Kier alpha value is -3.09. The number of rotatable bonds is 6. The summed E-state index contributed by atoms with van der Waals surface area (Å²) in [6.07, 6.45) is 0. The van der Waals surface area contributed by atoms with Crippen LogP contribution in [0.25, 0.3) is 16.9 Å². The summed E-state index contributed by atoms with van der Waals surface area (Å²) in [5.41, 5.74) is 2.68. The summed E-state index contributed by atoms with van der Waals surface area (Å²) in [4.78, 5) is 13.4. The summed E-state index contributed by atoms with van der Waals surface area (Å²) in [6.45, 7) is 3.71. The number of hydrogen-bond donors (Lipinski definition) is 1. The van der Waals surface area contributed by atoms with E-state index in [1.165, 1.54) is 23.1 Å². The highest BCUT2D eigenvalue weighted by molar-refractivity contribution is 8.03. The van der Waals surface area contributed by atoms with Crippen molar-refractivity contribution in [2.75, 3.05) is 5.32 Å². The van der Waals surface area contributed by atoms with Gasteiger partial charge in [-0.3, -0.25) is 4.79 Å². The first-order chi connectivity index (χ1) is 13.7. The molecule has 0 spiro atoms. The summed E-state index contributed by atoms with van der Waals surface area (Å²) in [6, 6.07) is 25.3. The summed E-state index contributed by atoms with van der Waals surface area (Å²) < 4.78 is 2.79. The van der Waals surface area contributed by atoms with Gasteiger partial charge in [-0.25, -0.2) is 4.68 Å². The van der Waals surface area contributed by atoms with Gasteiger partial charge < -0.3 is 5.32 Å². The number of nitrogens with zero attached hydrogens (tertiary/aromatic N) is 2. The molecule has 0 aliphatic carbocycles. The molecular weight excluding hydrogens is 386 g/mol.